The molecule has 0 bridgehead atoms. The van der Waals surface area contributed by atoms with E-state index in [9.17, 15) is 9.59 Å². The number of carbonyl (C=O) groups is 2. The smallest absolute Gasteiger partial charge is 0.303 e. The van der Waals surface area contributed by atoms with E-state index in [0.717, 1.165) is 25.7 Å². The van der Waals surface area contributed by atoms with Crippen molar-refractivity contribution in [2.45, 2.75) is 51.0 Å². The van der Waals surface area contributed by atoms with Gasteiger partial charge in [-0.05, 0) is 19.3 Å². The van der Waals surface area contributed by atoms with E-state index in [2.05, 4.69) is 0 Å². The maximum atomic E-state index is 11.5. The number of carbonyl (C=O) groups excluding carboxylic acids is 1. The molecule has 2 N–H and O–H groups in total. The molecule has 1 fully saturated rings. The average molecular weight is 243 g/mol. The molecule has 1 amide bonds. The Hall–Kier alpha value is -1.10. The lowest BCUT2D eigenvalue weighted by atomic mass is 10.1. The highest BCUT2D eigenvalue weighted by Gasteiger charge is 2.29. The summed E-state index contributed by atoms with van der Waals surface area (Å²) in [5, 5.41) is 17.6. The van der Waals surface area contributed by atoms with E-state index in [1.54, 1.807) is 4.90 Å². The molecule has 0 radical (unpaired) electrons. The van der Waals surface area contributed by atoms with Crippen LogP contribution in [-0.2, 0) is 9.59 Å². The molecule has 1 saturated heterocycles. The predicted octanol–water partition coefficient (Wildman–Crippen LogP) is 1.00. The summed E-state index contributed by atoms with van der Waals surface area (Å²) in [7, 11) is 0. The summed E-state index contributed by atoms with van der Waals surface area (Å²) in [5.41, 5.74) is 0. The normalized spacial score (nSPS) is 19.9. The number of hydrogen-bond acceptors (Lipinski definition) is 3. The van der Waals surface area contributed by atoms with Crippen LogP contribution in [0.2, 0.25) is 0 Å². The molecular weight excluding hydrogens is 222 g/mol. The Balaban J connectivity index is 2.09. The van der Waals surface area contributed by atoms with Gasteiger partial charge in [-0.1, -0.05) is 12.8 Å². The summed E-state index contributed by atoms with van der Waals surface area (Å²) in [4.78, 5) is 23.5. The van der Waals surface area contributed by atoms with Gasteiger partial charge in [0, 0.05) is 19.4 Å². The van der Waals surface area contributed by atoms with Crippen molar-refractivity contribution < 1.29 is 19.8 Å². The Morgan fingerprint density at radius 2 is 2.00 bits per heavy atom. The number of hydrogen-bond donors (Lipinski definition) is 2. The van der Waals surface area contributed by atoms with Crippen molar-refractivity contribution in [1.29, 1.82) is 0 Å². The number of nitrogens with zero attached hydrogens (tertiary/aromatic N) is 1. The molecule has 17 heavy (non-hydrogen) atoms. The van der Waals surface area contributed by atoms with E-state index >= 15 is 0 Å². The van der Waals surface area contributed by atoms with Crippen molar-refractivity contribution in [3.8, 4) is 0 Å². The van der Waals surface area contributed by atoms with Gasteiger partial charge in [-0.15, -0.1) is 0 Å². The fraction of sp³-hybridized carbons (Fsp3) is 0.833. The summed E-state index contributed by atoms with van der Waals surface area (Å²) in [5.74, 6) is -0.616. The van der Waals surface area contributed by atoms with Crippen molar-refractivity contribution in [2.24, 2.45) is 0 Å². The molecule has 98 valence electrons. The number of carboxylic acid groups (broad SMARTS) is 1. The second kappa shape index (κ2) is 7.27. The van der Waals surface area contributed by atoms with Gasteiger partial charge in [-0.25, -0.2) is 0 Å². The van der Waals surface area contributed by atoms with Crippen LogP contribution in [0.4, 0.5) is 0 Å². The average Bonchev–Trinajstić information content (AvgIpc) is 2.64. The quantitative estimate of drug-likeness (QED) is 0.623. The Labute approximate surface area is 101 Å². The molecule has 0 aromatic carbocycles. The zero-order chi connectivity index (χ0) is 12.7. The Morgan fingerprint density at radius 1 is 1.29 bits per heavy atom. The largest absolute Gasteiger partial charge is 0.481 e. The first kappa shape index (κ1) is 14.0. The van der Waals surface area contributed by atoms with Gasteiger partial charge in [0.15, 0.2) is 0 Å². The van der Waals surface area contributed by atoms with Crippen LogP contribution >= 0.6 is 0 Å². The van der Waals surface area contributed by atoms with Gasteiger partial charge in [0.05, 0.1) is 12.6 Å². The molecule has 5 heteroatoms. The number of carboxylic acids is 1. The first-order valence-corrected chi connectivity index (χ1v) is 6.27. The lowest BCUT2D eigenvalue weighted by Crippen LogP contribution is -2.36. The van der Waals surface area contributed by atoms with Crippen molar-refractivity contribution in [1.82, 2.24) is 4.90 Å². The molecule has 1 aliphatic heterocycles. The number of aliphatic carboxylic acids is 1. The second-order valence-electron chi connectivity index (χ2n) is 4.52. The molecule has 1 unspecified atom stereocenters. The second-order valence-corrected chi connectivity index (χ2v) is 4.52. The molecule has 1 rings (SSSR count). The Bertz CT molecular complexity index is 267. The maximum absolute atomic E-state index is 11.5. The number of aliphatic hydroxyl groups excluding tert-OH is 1. The minimum Gasteiger partial charge on any atom is -0.481 e. The summed E-state index contributed by atoms with van der Waals surface area (Å²) in [6, 6.07) is 0.00141. The van der Waals surface area contributed by atoms with Gasteiger partial charge in [-0.3, -0.25) is 9.59 Å². The lowest BCUT2D eigenvalue weighted by Gasteiger charge is -2.22. The highest BCUT2D eigenvalue weighted by atomic mass is 16.4. The highest BCUT2D eigenvalue weighted by Crippen LogP contribution is 2.19. The third-order valence-electron chi connectivity index (χ3n) is 3.20. The summed E-state index contributed by atoms with van der Waals surface area (Å²) in [6.07, 6.45) is 4.95. The van der Waals surface area contributed by atoms with Crippen LogP contribution in [0.15, 0.2) is 0 Å². The minimum atomic E-state index is -0.750. The van der Waals surface area contributed by atoms with E-state index in [1.165, 1.54) is 0 Å². The van der Waals surface area contributed by atoms with Crippen LogP contribution in [0.5, 0.6) is 0 Å². The van der Waals surface area contributed by atoms with Gasteiger partial charge in [-0.2, -0.15) is 0 Å². The van der Waals surface area contributed by atoms with E-state index < -0.39 is 5.97 Å². The van der Waals surface area contributed by atoms with Crippen molar-refractivity contribution >= 4 is 11.9 Å². The minimum absolute atomic E-state index is 0.00141. The fourth-order valence-electron chi connectivity index (χ4n) is 2.20. The SMILES string of the molecule is O=C(O)CCCCCCN1C(=O)CCC1CO. The van der Waals surface area contributed by atoms with E-state index in [-0.39, 0.29) is 25.0 Å². The zero-order valence-corrected chi connectivity index (χ0v) is 10.1. The van der Waals surface area contributed by atoms with Gasteiger partial charge < -0.3 is 15.1 Å². The molecule has 0 aromatic rings. The van der Waals surface area contributed by atoms with Crippen LogP contribution in [-0.4, -0.2) is 46.2 Å². The zero-order valence-electron chi connectivity index (χ0n) is 10.1. The number of unbranched alkanes of at least 4 members (excludes halogenated alkanes) is 3. The summed E-state index contributed by atoms with van der Waals surface area (Å²) >= 11 is 0. The third-order valence-corrected chi connectivity index (χ3v) is 3.20. The molecule has 1 atom stereocenters. The summed E-state index contributed by atoms with van der Waals surface area (Å²) < 4.78 is 0. The molecular formula is C12H21NO4. The molecule has 0 saturated carbocycles. The van der Waals surface area contributed by atoms with E-state index in [4.69, 9.17) is 10.2 Å². The van der Waals surface area contributed by atoms with Crippen molar-refractivity contribution in [2.75, 3.05) is 13.2 Å². The topological polar surface area (TPSA) is 77.8 Å². The maximum Gasteiger partial charge on any atom is 0.303 e. The number of rotatable bonds is 8. The number of likely N-dealkylation sites (tertiary alicyclic amines) is 1. The first-order valence-electron chi connectivity index (χ1n) is 6.27. The van der Waals surface area contributed by atoms with Gasteiger partial charge in [0.2, 0.25) is 5.91 Å². The van der Waals surface area contributed by atoms with Crippen LogP contribution in [0.1, 0.15) is 44.9 Å². The molecule has 5 nitrogen and oxygen atoms in total. The van der Waals surface area contributed by atoms with Crippen LogP contribution in [0.3, 0.4) is 0 Å². The van der Waals surface area contributed by atoms with E-state index in [1.807, 2.05) is 0 Å². The molecule has 0 spiro atoms. The van der Waals surface area contributed by atoms with Crippen LogP contribution < -0.4 is 0 Å². The predicted molar refractivity (Wildman–Crippen MR) is 62.5 cm³/mol. The van der Waals surface area contributed by atoms with Crippen LogP contribution in [0, 0.1) is 0 Å². The molecule has 0 aliphatic carbocycles. The molecule has 1 aliphatic rings. The van der Waals surface area contributed by atoms with Crippen molar-refractivity contribution in [3.63, 3.8) is 0 Å². The standard InChI is InChI=1S/C12H21NO4/c14-9-10-6-7-11(15)13(10)8-4-2-1-3-5-12(16)17/h10,14H,1-9H2,(H,16,17). The Morgan fingerprint density at radius 3 is 2.65 bits per heavy atom. The van der Waals surface area contributed by atoms with Gasteiger partial charge in [0.1, 0.15) is 0 Å². The molecule has 1 heterocycles. The Kier molecular flexibility index (Phi) is 5.97. The monoisotopic (exact) mass is 243 g/mol. The first-order chi connectivity index (χ1) is 8.15. The fourth-order valence-corrected chi connectivity index (χ4v) is 2.20. The van der Waals surface area contributed by atoms with Gasteiger partial charge in [0.25, 0.3) is 0 Å². The number of aliphatic hydroxyl groups is 1. The van der Waals surface area contributed by atoms with Crippen molar-refractivity contribution in [3.05, 3.63) is 0 Å². The lowest BCUT2D eigenvalue weighted by molar-refractivity contribution is -0.137. The third kappa shape index (κ3) is 4.73. The highest BCUT2D eigenvalue weighted by molar-refractivity contribution is 5.78. The molecule has 0 aromatic heterocycles. The van der Waals surface area contributed by atoms with E-state index in [0.29, 0.717) is 19.4 Å². The van der Waals surface area contributed by atoms with Gasteiger partial charge >= 0.3 is 5.97 Å². The summed E-state index contributed by atoms with van der Waals surface area (Å²) in [6.45, 7) is 0.738. The van der Waals surface area contributed by atoms with Crippen LogP contribution in [0.25, 0.3) is 0 Å². The number of amides is 1.